The standard InChI is InChI=1S/C13H12F4N2O2/c1-18-4-5-19(7-11(18)20)12(21)8-2-3-10(14)9(6-8)13(15,16)17/h2-3,6H,4-5,7H2,1H3. The van der Waals surface area contributed by atoms with E-state index in [1.54, 1.807) is 7.05 Å². The van der Waals surface area contributed by atoms with E-state index in [-0.39, 0.29) is 24.6 Å². The van der Waals surface area contributed by atoms with Gasteiger partial charge in [0.1, 0.15) is 12.4 Å². The summed E-state index contributed by atoms with van der Waals surface area (Å²) in [6.07, 6.45) is -4.88. The number of amides is 2. The van der Waals surface area contributed by atoms with E-state index in [1.165, 1.54) is 4.90 Å². The quantitative estimate of drug-likeness (QED) is 0.742. The number of alkyl halides is 3. The molecule has 1 heterocycles. The fourth-order valence-corrected chi connectivity index (χ4v) is 1.99. The van der Waals surface area contributed by atoms with Gasteiger partial charge < -0.3 is 9.80 Å². The average Bonchev–Trinajstić information content (AvgIpc) is 2.40. The summed E-state index contributed by atoms with van der Waals surface area (Å²) in [4.78, 5) is 26.2. The van der Waals surface area contributed by atoms with E-state index >= 15 is 0 Å². The molecule has 0 aliphatic carbocycles. The Kier molecular flexibility index (Phi) is 3.89. The molecule has 1 aliphatic rings. The zero-order chi connectivity index (χ0) is 15.8. The predicted molar refractivity (Wildman–Crippen MR) is 64.9 cm³/mol. The van der Waals surface area contributed by atoms with Crippen molar-refractivity contribution >= 4 is 11.8 Å². The Morgan fingerprint density at radius 2 is 1.90 bits per heavy atom. The van der Waals surface area contributed by atoms with E-state index in [4.69, 9.17) is 0 Å². The molecule has 1 fully saturated rings. The van der Waals surface area contributed by atoms with Crippen LogP contribution >= 0.6 is 0 Å². The number of benzene rings is 1. The summed E-state index contributed by atoms with van der Waals surface area (Å²) in [7, 11) is 1.57. The largest absolute Gasteiger partial charge is 0.419 e. The van der Waals surface area contributed by atoms with Gasteiger partial charge in [0, 0.05) is 25.7 Å². The van der Waals surface area contributed by atoms with Gasteiger partial charge in [-0.1, -0.05) is 0 Å². The third kappa shape index (κ3) is 3.14. The first-order valence-corrected chi connectivity index (χ1v) is 6.10. The molecule has 2 rings (SSSR count). The zero-order valence-electron chi connectivity index (χ0n) is 11.1. The van der Waals surface area contributed by atoms with Gasteiger partial charge in [-0.15, -0.1) is 0 Å². The molecule has 0 unspecified atom stereocenters. The van der Waals surface area contributed by atoms with E-state index in [0.717, 1.165) is 11.0 Å². The number of hydrogen-bond donors (Lipinski definition) is 0. The molecule has 4 nitrogen and oxygen atoms in total. The second kappa shape index (κ2) is 5.34. The molecule has 0 aromatic heterocycles. The van der Waals surface area contributed by atoms with E-state index in [0.29, 0.717) is 18.7 Å². The fourth-order valence-electron chi connectivity index (χ4n) is 1.99. The number of piperazine rings is 1. The molecule has 1 saturated heterocycles. The Hall–Kier alpha value is -2.12. The molecule has 0 radical (unpaired) electrons. The minimum absolute atomic E-state index is 0.200. The van der Waals surface area contributed by atoms with E-state index in [1.807, 2.05) is 0 Å². The first kappa shape index (κ1) is 15.3. The molecule has 21 heavy (non-hydrogen) atoms. The van der Waals surface area contributed by atoms with Crippen LogP contribution in [-0.2, 0) is 11.0 Å². The van der Waals surface area contributed by atoms with Crippen LogP contribution in [0.5, 0.6) is 0 Å². The molecule has 8 heteroatoms. The minimum Gasteiger partial charge on any atom is -0.342 e. The normalized spacial score (nSPS) is 16.3. The highest BCUT2D eigenvalue weighted by Gasteiger charge is 2.35. The van der Waals surface area contributed by atoms with Gasteiger partial charge in [0.15, 0.2) is 0 Å². The monoisotopic (exact) mass is 304 g/mol. The Morgan fingerprint density at radius 1 is 1.24 bits per heavy atom. The Balaban J connectivity index is 2.26. The maximum absolute atomic E-state index is 13.2. The zero-order valence-corrected chi connectivity index (χ0v) is 11.1. The van der Waals surface area contributed by atoms with Gasteiger partial charge in [0.25, 0.3) is 5.91 Å². The lowest BCUT2D eigenvalue weighted by Crippen LogP contribution is -2.50. The smallest absolute Gasteiger partial charge is 0.342 e. The van der Waals surface area contributed by atoms with Gasteiger partial charge in [-0.2, -0.15) is 13.2 Å². The summed E-state index contributed by atoms with van der Waals surface area (Å²) in [5.74, 6) is -2.46. The van der Waals surface area contributed by atoms with E-state index in [2.05, 4.69) is 0 Å². The number of nitrogens with zero attached hydrogens (tertiary/aromatic N) is 2. The Morgan fingerprint density at radius 3 is 2.48 bits per heavy atom. The van der Waals surface area contributed by atoms with Crippen LogP contribution in [0.2, 0.25) is 0 Å². The molecule has 2 amide bonds. The van der Waals surface area contributed by atoms with E-state index in [9.17, 15) is 27.2 Å². The SMILES string of the molecule is CN1CCN(C(=O)c2ccc(F)c(C(F)(F)F)c2)CC1=O. The van der Waals surface area contributed by atoms with Crippen LogP contribution in [0.3, 0.4) is 0 Å². The van der Waals surface area contributed by atoms with Crippen LogP contribution in [0.25, 0.3) is 0 Å². The average molecular weight is 304 g/mol. The lowest BCUT2D eigenvalue weighted by molar-refractivity contribution is -0.140. The van der Waals surface area contributed by atoms with Crippen molar-refractivity contribution in [3.05, 3.63) is 35.1 Å². The molecule has 0 saturated carbocycles. The summed E-state index contributed by atoms with van der Waals surface area (Å²) in [6.45, 7) is 0.325. The maximum Gasteiger partial charge on any atom is 0.419 e. The predicted octanol–water partition coefficient (Wildman–Crippen LogP) is 1.76. The van der Waals surface area contributed by atoms with Crippen molar-refractivity contribution in [3.8, 4) is 0 Å². The molecular formula is C13H12F4N2O2. The van der Waals surface area contributed by atoms with Crippen molar-refractivity contribution in [2.45, 2.75) is 6.18 Å². The third-order valence-electron chi connectivity index (χ3n) is 3.26. The highest BCUT2D eigenvalue weighted by Crippen LogP contribution is 2.32. The third-order valence-corrected chi connectivity index (χ3v) is 3.26. The number of rotatable bonds is 1. The van der Waals surface area contributed by atoms with Crippen molar-refractivity contribution < 1.29 is 27.2 Å². The van der Waals surface area contributed by atoms with Crippen molar-refractivity contribution in [1.82, 2.24) is 9.80 Å². The first-order valence-electron chi connectivity index (χ1n) is 6.10. The van der Waals surface area contributed by atoms with Crippen molar-refractivity contribution in [1.29, 1.82) is 0 Å². The molecule has 0 N–H and O–H groups in total. The fraction of sp³-hybridized carbons (Fsp3) is 0.385. The summed E-state index contributed by atoms with van der Waals surface area (Å²) >= 11 is 0. The second-order valence-corrected chi connectivity index (χ2v) is 4.73. The number of carbonyl (C=O) groups is 2. The van der Waals surface area contributed by atoms with Crippen LogP contribution < -0.4 is 0 Å². The lowest BCUT2D eigenvalue weighted by atomic mass is 10.1. The van der Waals surface area contributed by atoms with Gasteiger partial charge in [0.05, 0.1) is 5.56 Å². The molecule has 1 aliphatic heterocycles. The van der Waals surface area contributed by atoms with Crippen LogP contribution in [-0.4, -0.2) is 48.3 Å². The van der Waals surface area contributed by atoms with Crippen LogP contribution in [0.4, 0.5) is 17.6 Å². The van der Waals surface area contributed by atoms with Gasteiger partial charge in [0.2, 0.25) is 5.91 Å². The van der Waals surface area contributed by atoms with Gasteiger partial charge in [-0.05, 0) is 18.2 Å². The molecule has 0 bridgehead atoms. The van der Waals surface area contributed by atoms with Gasteiger partial charge >= 0.3 is 6.18 Å². The minimum atomic E-state index is -4.88. The van der Waals surface area contributed by atoms with Crippen molar-refractivity contribution in [2.75, 3.05) is 26.7 Å². The Bertz CT molecular complexity index is 586. The molecule has 1 aromatic rings. The summed E-state index contributed by atoms with van der Waals surface area (Å²) in [5, 5.41) is 0. The lowest BCUT2D eigenvalue weighted by Gasteiger charge is -2.32. The molecule has 1 aromatic carbocycles. The molecule has 0 atom stereocenters. The number of hydrogen-bond acceptors (Lipinski definition) is 2. The molecule has 0 spiro atoms. The molecule has 114 valence electrons. The highest BCUT2D eigenvalue weighted by atomic mass is 19.4. The Labute approximate surface area is 117 Å². The highest BCUT2D eigenvalue weighted by molar-refractivity contribution is 5.97. The van der Waals surface area contributed by atoms with Crippen molar-refractivity contribution in [2.24, 2.45) is 0 Å². The van der Waals surface area contributed by atoms with Gasteiger partial charge in [-0.3, -0.25) is 9.59 Å². The van der Waals surface area contributed by atoms with Crippen LogP contribution in [0.15, 0.2) is 18.2 Å². The van der Waals surface area contributed by atoms with Gasteiger partial charge in [-0.25, -0.2) is 4.39 Å². The summed E-state index contributed by atoms with van der Waals surface area (Å²) < 4.78 is 51.0. The van der Waals surface area contributed by atoms with Crippen molar-refractivity contribution in [3.63, 3.8) is 0 Å². The number of halogens is 4. The summed E-state index contributed by atoms with van der Waals surface area (Å²) in [6, 6.07) is 2.06. The van der Waals surface area contributed by atoms with Crippen LogP contribution in [0, 0.1) is 5.82 Å². The molecular weight excluding hydrogens is 292 g/mol. The number of likely N-dealkylation sites (N-methyl/N-ethyl adjacent to an activating group) is 1. The first-order chi connectivity index (χ1) is 9.70. The maximum atomic E-state index is 13.2. The summed E-state index contributed by atoms with van der Waals surface area (Å²) in [5.41, 5.74) is -1.78. The number of carbonyl (C=O) groups excluding carboxylic acids is 2. The second-order valence-electron chi connectivity index (χ2n) is 4.73. The topological polar surface area (TPSA) is 40.6 Å². The van der Waals surface area contributed by atoms with E-state index < -0.39 is 23.5 Å². The van der Waals surface area contributed by atoms with Crippen LogP contribution in [0.1, 0.15) is 15.9 Å².